The fraction of sp³-hybridized carbons (Fsp3) is 0.167. The van der Waals surface area contributed by atoms with Crippen LogP contribution in [-0.2, 0) is 16.0 Å². The van der Waals surface area contributed by atoms with E-state index in [1.54, 1.807) is 68.4 Å². The number of carbonyl (C=O) groups is 2. The summed E-state index contributed by atoms with van der Waals surface area (Å²) in [7, 11) is 0. The summed E-state index contributed by atoms with van der Waals surface area (Å²) in [6.45, 7) is 3.58. The Balaban J connectivity index is 1.76. The summed E-state index contributed by atoms with van der Waals surface area (Å²) >= 11 is 6.95. The highest BCUT2D eigenvalue weighted by atomic mass is 79.9. The van der Waals surface area contributed by atoms with Crippen molar-refractivity contribution in [1.29, 1.82) is 0 Å². The monoisotopic (exact) mass is 561 g/mol. The lowest BCUT2D eigenvalue weighted by Crippen LogP contribution is -2.34. The van der Waals surface area contributed by atoms with Gasteiger partial charge in [0.05, 0.1) is 15.4 Å². The number of phenolic OH excluding ortho intramolecular Hbond substituents is 1. The van der Waals surface area contributed by atoms with Crippen molar-refractivity contribution in [2.24, 2.45) is 0 Å². The molecule has 0 aliphatic carbocycles. The van der Waals surface area contributed by atoms with Gasteiger partial charge < -0.3 is 20.3 Å². The second-order valence-corrected chi connectivity index (χ2v) is 9.03. The van der Waals surface area contributed by atoms with Gasteiger partial charge in [0, 0.05) is 0 Å². The molecule has 3 rings (SSSR count). The van der Waals surface area contributed by atoms with Crippen molar-refractivity contribution in [3.63, 3.8) is 0 Å². The SMILES string of the molecule is Cc1cc(Oc2c(Br)cc(CC(=O)N[C@H](C(=O)O)c3ccccc3)cc2Br)cc(C)c1O. The first-order valence-corrected chi connectivity index (χ1v) is 11.3. The molecule has 3 aromatic rings. The highest BCUT2D eigenvalue weighted by Crippen LogP contribution is 2.39. The van der Waals surface area contributed by atoms with Crippen LogP contribution in [0.3, 0.4) is 0 Å². The van der Waals surface area contributed by atoms with Crippen molar-refractivity contribution in [1.82, 2.24) is 5.32 Å². The fourth-order valence-electron chi connectivity index (χ4n) is 3.24. The topological polar surface area (TPSA) is 95.9 Å². The van der Waals surface area contributed by atoms with E-state index in [-0.39, 0.29) is 12.2 Å². The molecule has 0 aromatic heterocycles. The molecule has 0 heterocycles. The van der Waals surface area contributed by atoms with Gasteiger partial charge in [0.2, 0.25) is 5.91 Å². The molecule has 0 saturated carbocycles. The molecule has 0 bridgehead atoms. The van der Waals surface area contributed by atoms with Crippen molar-refractivity contribution in [2.45, 2.75) is 26.3 Å². The predicted octanol–water partition coefficient (Wildman–Crippen LogP) is 5.81. The number of benzene rings is 3. The number of phenols is 1. The van der Waals surface area contributed by atoms with Crippen LogP contribution in [-0.4, -0.2) is 22.1 Å². The Morgan fingerprint density at radius 2 is 1.56 bits per heavy atom. The summed E-state index contributed by atoms with van der Waals surface area (Å²) in [6, 6.07) is 14.4. The first-order valence-electron chi connectivity index (χ1n) is 9.68. The summed E-state index contributed by atoms with van der Waals surface area (Å²) in [5.74, 6) is -0.233. The minimum atomic E-state index is -1.13. The molecule has 0 fully saturated rings. The first-order chi connectivity index (χ1) is 15.2. The van der Waals surface area contributed by atoms with Crippen LogP contribution < -0.4 is 10.1 Å². The summed E-state index contributed by atoms with van der Waals surface area (Å²) < 4.78 is 7.23. The standard InChI is InChI=1S/C24H21Br2NO5/c1-13-8-17(9-14(2)22(13)29)32-23-18(25)10-15(11-19(23)26)12-20(28)27-21(24(30)31)16-6-4-3-5-7-16/h3-11,21,29H,12H2,1-2H3,(H,27,28)(H,30,31)/t21-/m0/s1. The number of carboxylic acid groups (broad SMARTS) is 1. The second kappa shape index (κ2) is 10.2. The molecule has 32 heavy (non-hydrogen) atoms. The molecule has 8 heteroatoms. The Hall–Kier alpha value is -2.84. The maximum atomic E-state index is 12.5. The molecule has 1 amide bonds. The number of rotatable bonds is 7. The lowest BCUT2D eigenvalue weighted by molar-refractivity contribution is -0.141. The van der Waals surface area contributed by atoms with E-state index >= 15 is 0 Å². The number of nitrogens with one attached hydrogen (secondary N) is 1. The zero-order valence-corrected chi connectivity index (χ0v) is 20.5. The van der Waals surface area contributed by atoms with E-state index in [0.29, 0.717) is 42.7 Å². The molecule has 1 atom stereocenters. The molecule has 0 aliphatic rings. The van der Waals surface area contributed by atoms with E-state index in [2.05, 4.69) is 37.2 Å². The number of aryl methyl sites for hydroxylation is 2. The van der Waals surface area contributed by atoms with Crippen molar-refractivity contribution in [3.05, 3.63) is 85.8 Å². The van der Waals surface area contributed by atoms with Gasteiger partial charge in [-0.05, 0) is 92.2 Å². The van der Waals surface area contributed by atoms with Crippen LogP contribution >= 0.6 is 31.9 Å². The number of amides is 1. The molecule has 0 spiro atoms. The number of aromatic hydroxyl groups is 1. The summed E-state index contributed by atoms with van der Waals surface area (Å²) in [5, 5.41) is 22.0. The summed E-state index contributed by atoms with van der Waals surface area (Å²) in [5.41, 5.74) is 2.57. The second-order valence-electron chi connectivity index (χ2n) is 7.32. The van der Waals surface area contributed by atoms with Crippen LogP contribution in [0, 0.1) is 13.8 Å². The number of hydrogen-bond donors (Lipinski definition) is 3. The molecule has 166 valence electrons. The lowest BCUT2D eigenvalue weighted by atomic mass is 10.1. The Morgan fingerprint density at radius 1 is 1.00 bits per heavy atom. The molecule has 0 radical (unpaired) electrons. The van der Waals surface area contributed by atoms with Crippen LogP contribution in [0.4, 0.5) is 0 Å². The quantitative estimate of drug-likeness (QED) is 0.337. The lowest BCUT2D eigenvalue weighted by Gasteiger charge is -2.16. The zero-order chi connectivity index (χ0) is 23.4. The van der Waals surface area contributed by atoms with Crippen LogP contribution in [0.1, 0.15) is 28.3 Å². The van der Waals surface area contributed by atoms with Crippen molar-refractivity contribution >= 4 is 43.7 Å². The van der Waals surface area contributed by atoms with E-state index in [0.717, 1.165) is 0 Å². The number of aliphatic carboxylic acids is 1. The predicted molar refractivity (Wildman–Crippen MR) is 128 cm³/mol. The third-order valence-electron chi connectivity index (χ3n) is 4.79. The van der Waals surface area contributed by atoms with Gasteiger partial charge in [-0.2, -0.15) is 0 Å². The van der Waals surface area contributed by atoms with Crippen molar-refractivity contribution in [3.8, 4) is 17.2 Å². The van der Waals surface area contributed by atoms with Gasteiger partial charge in [-0.15, -0.1) is 0 Å². The van der Waals surface area contributed by atoms with Gasteiger partial charge in [-0.1, -0.05) is 30.3 Å². The van der Waals surface area contributed by atoms with E-state index in [1.165, 1.54) is 0 Å². The number of carboxylic acids is 1. The smallest absolute Gasteiger partial charge is 0.330 e. The highest BCUT2D eigenvalue weighted by Gasteiger charge is 2.22. The van der Waals surface area contributed by atoms with Crippen LogP contribution in [0.5, 0.6) is 17.2 Å². The molecule has 0 saturated heterocycles. The summed E-state index contributed by atoms with van der Waals surface area (Å²) in [4.78, 5) is 24.2. The maximum absolute atomic E-state index is 12.5. The van der Waals surface area contributed by atoms with Gasteiger partial charge in [0.25, 0.3) is 0 Å². The molecule has 6 nitrogen and oxygen atoms in total. The maximum Gasteiger partial charge on any atom is 0.330 e. The first kappa shape index (κ1) is 23.8. The van der Waals surface area contributed by atoms with Gasteiger partial charge in [0.1, 0.15) is 11.5 Å². The molecular weight excluding hydrogens is 542 g/mol. The Kier molecular flexibility index (Phi) is 7.58. The van der Waals surface area contributed by atoms with Gasteiger partial charge in [-0.3, -0.25) is 4.79 Å². The number of ether oxygens (including phenoxy) is 1. The summed E-state index contributed by atoms with van der Waals surface area (Å²) in [6.07, 6.45) is -0.00841. The normalized spacial score (nSPS) is 11.6. The van der Waals surface area contributed by atoms with Gasteiger partial charge in [-0.25, -0.2) is 4.79 Å². The van der Waals surface area contributed by atoms with E-state index < -0.39 is 17.9 Å². The minimum Gasteiger partial charge on any atom is -0.507 e. The van der Waals surface area contributed by atoms with E-state index in [9.17, 15) is 19.8 Å². The minimum absolute atomic E-state index is 0.00841. The molecular formula is C24H21Br2NO5. The van der Waals surface area contributed by atoms with Gasteiger partial charge in [0.15, 0.2) is 11.8 Å². The van der Waals surface area contributed by atoms with Crippen LogP contribution in [0.2, 0.25) is 0 Å². The average Bonchev–Trinajstić information content (AvgIpc) is 2.73. The number of halogens is 2. The Bertz CT molecular complexity index is 1120. The zero-order valence-electron chi connectivity index (χ0n) is 17.4. The van der Waals surface area contributed by atoms with Crippen LogP contribution in [0.25, 0.3) is 0 Å². The molecule has 3 aromatic carbocycles. The highest BCUT2D eigenvalue weighted by molar-refractivity contribution is 9.11. The molecule has 0 unspecified atom stereocenters. The number of hydrogen-bond acceptors (Lipinski definition) is 4. The third kappa shape index (κ3) is 5.69. The van der Waals surface area contributed by atoms with Crippen molar-refractivity contribution < 1.29 is 24.5 Å². The van der Waals surface area contributed by atoms with E-state index in [4.69, 9.17) is 4.74 Å². The average molecular weight is 563 g/mol. The number of carbonyl (C=O) groups excluding carboxylic acids is 1. The molecule has 3 N–H and O–H groups in total. The van der Waals surface area contributed by atoms with Gasteiger partial charge >= 0.3 is 5.97 Å². The van der Waals surface area contributed by atoms with E-state index in [1.807, 2.05) is 0 Å². The third-order valence-corrected chi connectivity index (χ3v) is 5.97. The van der Waals surface area contributed by atoms with Crippen LogP contribution in [0.15, 0.2) is 63.5 Å². The fourth-order valence-corrected chi connectivity index (χ4v) is 4.68. The molecule has 0 aliphatic heterocycles. The Morgan fingerprint density at radius 3 is 2.09 bits per heavy atom. The largest absolute Gasteiger partial charge is 0.507 e. The van der Waals surface area contributed by atoms with Crippen molar-refractivity contribution in [2.75, 3.05) is 0 Å². The Labute approximate surface area is 202 Å².